The highest BCUT2D eigenvalue weighted by Gasteiger charge is 2.40. The Morgan fingerprint density at radius 1 is 1.06 bits per heavy atom. The highest BCUT2D eigenvalue weighted by atomic mass is 16.5. The minimum atomic E-state index is -0.629. The van der Waals surface area contributed by atoms with E-state index in [1.54, 1.807) is 17.0 Å². The minimum Gasteiger partial charge on any atom is -0.489 e. The van der Waals surface area contributed by atoms with Crippen LogP contribution in [0, 0.1) is 0 Å². The largest absolute Gasteiger partial charge is 0.489 e. The Morgan fingerprint density at radius 2 is 1.82 bits per heavy atom. The van der Waals surface area contributed by atoms with Gasteiger partial charge in [0.15, 0.2) is 0 Å². The first-order chi connectivity index (χ1) is 16.5. The number of ether oxygens (including phenoxy) is 1. The maximum absolute atomic E-state index is 13.0. The van der Waals surface area contributed by atoms with Gasteiger partial charge >= 0.3 is 0 Å². The molecule has 0 bridgehead atoms. The molecule has 2 unspecified atom stereocenters. The van der Waals surface area contributed by atoms with E-state index >= 15 is 0 Å². The van der Waals surface area contributed by atoms with E-state index in [1.165, 1.54) is 5.56 Å². The number of hydrogen-bond donors (Lipinski definition) is 2. The molecule has 8 nitrogen and oxygen atoms in total. The summed E-state index contributed by atoms with van der Waals surface area (Å²) in [6.45, 7) is 7.11. The zero-order valence-electron chi connectivity index (χ0n) is 19.4. The standard InChI is InChI=1S/C26H30N4O4/c1-17(29-13-11-27-12-14-29)19-7-5-18(6-8-19)16-34-23-4-2-3-20-21(23)15-30(26(20)33)22-9-10-24(31)28-25(22)32/h2-8,17,22,27H,9-16H2,1H3,(H,28,31,32). The van der Waals surface area contributed by atoms with Crippen LogP contribution in [0.4, 0.5) is 0 Å². The molecule has 34 heavy (non-hydrogen) atoms. The number of piperidine rings is 1. The van der Waals surface area contributed by atoms with Gasteiger partial charge in [0.1, 0.15) is 18.4 Å². The first-order valence-corrected chi connectivity index (χ1v) is 11.9. The third-order valence-electron chi connectivity index (χ3n) is 7.09. The summed E-state index contributed by atoms with van der Waals surface area (Å²) in [6, 6.07) is 13.7. The lowest BCUT2D eigenvalue weighted by atomic mass is 10.0. The van der Waals surface area contributed by atoms with Gasteiger partial charge in [0.05, 0.1) is 6.54 Å². The topological polar surface area (TPSA) is 91.0 Å². The van der Waals surface area contributed by atoms with E-state index in [2.05, 4.69) is 46.7 Å². The van der Waals surface area contributed by atoms with Crippen LogP contribution >= 0.6 is 0 Å². The molecule has 2 saturated heterocycles. The molecule has 2 aromatic rings. The van der Waals surface area contributed by atoms with Crippen LogP contribution in [-0.4, -0.2) is 59.7 Å². The number of fused-ring (bicyclic) bond motifs is 1. The van der Waals surface area contributed by atoms with Crippen LogP contribution in [0.15, 0.2) is 42.5 Å². The van der Waals surface area contributed by atoms with E-state index in [4.69, 9.17) is 4.74 Å². The highest BCUT2D eigenvalue weighted by molar-refractivity contribution is 6.05. The number of nitrogens with one attached hydrogen (secondary N) is 2. The summed E-state index contributed by atoms with van der Waals surface area (Å²) in [5, 5.41) is 5.73. The van der Waals surface area contributed by atoms with E-state index in [9.17, 15) is 14.4 Å². The quantitative estimate of drug-likeness (QED) is 0.638. The summed E-state index contributed by atoms with van der Waals surface area (Å²) in [7, 11) is 0. The van der Waals surface area contributed by atoms with Crippen molar-refractivity contribution in [1.29, 1.82) is 0 Å². The van der Waals surface area contributed by atoms with Gasteiger partial charge in [-0.3, -0.25) is 24.6 Å². The first-order valence-electron chi connectivity index (χ1n) is 11.9. The number of piperazine rings is 1. The van der Waals surface area contributed by atoms with Gasteiger partial charge in [-0.15, -0.1) is 0 Å². The van der Waals surface area contributed by atoms with Crippen molar-refractivity contribution in [2.75, 3.05) is 26.2 Å². The number of carbonyl (C=O) groups excluding carboxylic acids is 3. The van der Waals surface area contributed by atoms with Gasteiger partial charge in [0.2, 0.25) is 11.8 Å². The average molecular weight is 463 g/mol. The fourth-order valence-electron chi connectivity index (χ4n) is 5.03. The summed E-state index contributed by atoms with van der Waals surface area (Å²) >= 11 is 0. The SMILES string of the molecule is CC(c1ccc(COc2cccc3c2CN(C2CCC(=O)NC2=O)C3=O)cc1)N1CCNCC1. The van der Waals surface area contributed by atoms with Gasteiger partial charge in [-0.25, -0.2) is 0 Å². The molecule has 3 heterocycles. The summed E-state index contributed by atoms with van der Waals surface area (Å²) in [4.78, 5) is 40.8. The molecule has 2 atom stereocenters. The number of hydrogen-bond acceptors (Lipinski definition) is 6. The Kier molecular flexibility index (Phi) is 6.34. The Balaban J connectivity index is 1.24. The number of imide groups is 1. The maximum atomic E-state index is 13.0. The fraction of sp³-hybridized carbons (Fsp3) is 0.423. The molecule has 8 heteroatoms. The van der Waals surface area contributed by atoms with Crippen LogP contribution in [0.25, 0.3) is 0 Å². The molecule has 3 amide bonds. The zero-order valence-corrected chi connectivity index (χ0v) is 19.4. The number of amides is 3. The third-order valence-corrected chi connectivity index (χ3v) is 7.09. The zero-order chi connectivity index (χ0) is 23.7. The molecule has 0 spiro atoms. The normalized spacial score (nSPS) is 21.9. The molecule has 0 aliphatic carbocycles. The summed E-state index contributed by atoms with van der Waals surface area (Å²) in [5.41, 5.74) is 3.69. The predicted octanol–water partition coefficient (Wildman–Crippen LogP) is 1.99. The summed E-state index contributed by atoms with van der Waals surface area (Å²) in [6.07, 6.45) is 0.586. The molecule has 0 radical (unpaired) electrons. The van der Waals surface area contributed by atoms with Crippen LogP contribution in [0.3, 0.4) is 0 Å². The van der Waals surface area contributed by atoms with Crippen LogP contribution in [0.5, 0.6) is 5.75 Å². The highest BCUT2D eigenvalue weighted by Crippen LogP contribution is 2.34. The summed E-state index contributed by atoms with van der Waals surface area (Å²) < 4.78 is 6.13. The van der Waals surface area contributed by atoms with Crippen molar-refractivity contribution in [3.8, 4) is 5.75 Å². The van der Waals surface area contributed by atoms with Crippen molar-refractivity contribution in [1.82, 2.24) is 20.4 Å². The second-order valence-electron chi connectivity index (χ2n) is 9.17. The smallest absolute Gasteiger partial charge is 0.255 e. The molecular formula is C26H30N4O4. The van der Waals surface area contributed by atoms with Gasteiger partial charge in [0, 0.05) is 49.8 Å². The van der Waals surface area contributed by atoms with Crippen molar-refractivity contribution in [3.05, 3.63) is 64.7 Å². The summed E-state index contributed by atoms with van der Waals surface area (Å²) in [5.74, 6) is -0.238. The number of nitrogens with zero attached hydrogens (tertiary/aromatic N) is 2. The van der Waals surface area contributed by atoms with Gasteiger partial charge in [-0.2, -0.15) is 0 Å². The molecule has 3 aliphatic heterocycles. The molecule has 3 aliphatic rings. The van der Waals surface area contributed by atoms with Crippen molar-refractivity contribution >= 4 is 17.7 Å². The second kappa shape index (κ2) is 9.56. The number of benzene rings is 2. The molecular weight excluding hydrogens is 432 g/mol. The van der Waals surface area contributed by atoms with E-state index in [1.807, 2.05) is 6.07 Å². The second-order valence-corrected chi connectivity index (χ2v) is 9.17. The monoisotopic (exact) mass is 462 g/mol. The predicted molar refractivity (Wildman–Crippen MR) is 126 cm³/mol. The van der Waals surface area contributed by atoms with Gasteiger partial charge in [-0.05, 0) is 36.6 Å². The van der Waals surface area contributed by atoms with Crippen LogP contribution in [0.1, 0.15) is 52.9 Å². The van der Waals surface area contributed by atoms with Crippen LogP contribution in [0.2, 0.25) is 0 Å². The Labute approximate surface area is 199 Å². The first kappa shape index (κ1) is 22.6. The van der Waals surface area contributed by atoms with E-state index in [0.29, 0.717) is 36.9 Å². The molecule has 0 aromatic heterocycles. The van der Waals surface area contributed by atoms with Gasteiger partial charge in [0.25, 0.3) is 5.91 Å². The molecule has 5 rings (SSSR count). The minimum absolute atomic E-state index is 0.193. The molecule has 2 fully saturated rings. The number of carbonyl (C=O) groups is 3. The third kappa shape index (κ3) is 4.43. The fourth-order valence-corrected chi connectivity index (χ4v) is 5.03. The van der Waals surface area contributed by atoms with Crippen molar-refractivity contribution in [2.45, 2.75) is 45.0 Å². The lowest BCUT2D eigenvalue weighted by molar-refractivity contribution is -0.136. The lowest BCUT2D eigenvalue weighted by Gasteiger charge is -2.33. The van der Waals surface area contributed by atoms with Gasteiger partial charge in [-0.1, -0.05) is 30.3 Å². The molecule has 178 valence electrons. The maximum Gasteiger partial charge on any atom is 0.255 e. The van der Waals surface area contributed by atoms with Crippen LogP contribution < -0.4 is 15.4 Å². The van der Waals surface area contributed by atoms with E-state index in [0.717, 1.165) is 37.3 Å². The van der Waals surface area contributed by atoms with Crippen LogP contribution in [-0.2, 0) is 22.7 Å². The Morgan fingerprint density at radius 3 is 2.56 bits per heavy atom. The Hall–Kier alpha value is -3.23. The molecule has 2 aromatic carbocycles. The lowest BCUT2D eigenvalue weighted by Crippen LogP contribution is -2.52. The molecule has 0 saturated carbocycles. The van der Waals surface area contributed by atoms with Crippen molar-refractivity contribution in [2.24, 2.45) is 0 Å². The van der Waals surface area contributed by atoms with Crippen molar-refractivity contribution < 1.29 is 19.1 Å². The van der Waals surface area contributed by atoms with Crippen molar-refractivity contribution in [3.63, 3.8) is 0 Å². The van der Waals surface area contributed by atoms with Gasteiger partial charge < -0.3 is 15.0 Å². The van der Waals surface area contributed by atoms with E-state index < -0.39 is 11.9 Å². The molecule has 2 N–H and O–H groups in total. The average Bonchev–Trinajstić information content (AvgIpc) is 3.20. The number of rotatable bonds is 6. The Bertz CT molecular complexity index is 1090. The van der Waals surface area contributed by atoms with E-state index in [-0.39, 0.29) is 18.2 Å².